The van der Waals surface area contributed by atoms with E-state index in [9.17, 15) is 8.42 Å². The Bertz CT molecular complexity index is 524. The quantitative estimate of drug-likeness (QED) is 0.415. The molecule has 1 rings (SSSR count). The molecular weight excluding hydrogens is 250 g/mol. The minimum Gasteiger partial charge on any atom is -0.397 e. The average molecular weight is 269 g/mol. The molecule has 0 bridgehead atoms. The topological polar surface area (TPSA) is 84.2 Å². The first kappa shape index (κ1) is 14.5. The predicted molar refractivity (Wildman–Crippen MR) is 75.0 cm³/mol. The number of hydrogen-bond donors (Lipinski definition) is 3. The van der Waals surface area contributed by atoms with Gasteiger partial charge in [-0.25, -0.2) is 13.1 Å². The Morgan fingerprint density at radius 2 is 2.11 bits per heavy atom. The van der Waals surface area contributed by atoms with Gasteiger partial charge in [-0.2, -0.15) is 0 Å². The standard InChI is InChI=1S/C12H19N3O2S/c1-3-4-5-8-15-12-9-10(6-7-11(12)13)18(16,17)14-2/h3-4,6-7,9,14-15H,5,8,13H2,1-2H3/b4-3+. The van der Waals surface area contributed by atoms with Gasteiger partial charge in [-0.15, -0.1) is 0 Å². The normalized spacial score (nSPS) is 11.9. The summed E-state index contributed by atoms with van der Waals surface area (Å²) in [5.41, 5.74) is 6.96. The van der Waals surface area contributed by atoms with E-state index in [-0.39, 0.29) is 4.90 Å². The highest BCUT2D eigenvalue weighted by Gasteiger charge is 2.12. The van der Waals surface area contributed by atoms with Crippen LogP contribution in [-0.4, -0.2) is 22.0 Å². The number of rotatable bonds is 6. The Labute approximate surface area is 108 Å². The van der Waals surface area contributed by atoms with E-state index >= 15 is 0 Å². The van der Waals surface area contributed by atoms with Gasteiger partial charge >= 0.3 is 0 Å². The van der Waals surface area contributed by atoms with Crippen molar-refractivity contribution < 1.29 is 8.42 Å². The van der Waals surface area contributed by atoms with Crippen LogP contribution in [0, 0.1) is 0 Å². The van der Waals surface area contributed by atoms with Gasteiger partial charge in [0.25, 0.3) is 0 Å². The van der Waals surface area contributed by atoms with Gasteiger partial charge in [0.1, 0.15) is 0 Å². The molecule has 0 aliphatic rings. The van der Waals surface area contributed by atoms with Gasteiger partial charge < -0.3 is 11.1 Å². The van der Waals surface area contributed by atoms with Gasteiger partial charge in [0, 0.05) is 6.54 Å². The fraction of sp³-hybridized carbons (Fsp3) is 0.333. The van der Waals surface area contributed by atoms with Crippen LogP contribution in [0.4, 0.5) is 11.4 Å². The van der Waals surface area contributed by atoms with Crippen LogP contribution >= 0.6 is 0 Å². The highest BCUT2D eigenvalue weighted by Crippen LogP contribution is 2.22. The lowest BCUT2D eigenvalue weighted by molar-refractivity contribution is 0.588. The Balaban J connectivity index is 2.88. The Kier molecular flexibility index (Phi) is 5.18. The van der Waals surface area contributed by atoms with E-state index < -0.39 is 10.0 Å². The second kappa shape index (κ2) is 6.42. The van der Waals surface area contributed by atoms with Gasteiger partial charge in [0.15, 0.2) is 0 Å². The van der Waals surface area contributed by atoms with Crippen LogP contribution in [0.1, 0.15) is 13.3 Å². The molecule has 0 amide bonds. The zero-order valence-electron chi connectivity index (χ0n) is 10.6. The first-order chi connectivity index (χ1) is 8.51. The van der Waals surface area contributed by atoms with Crippen molar-refractivity contribution in [3.8, 4) is 0 Å². The first-order valence-electron chi connectivity index (χ1n) is 5.69. The van der Waals surface area contributed by atoms with E-state index in [0.29, 0.717) is 17.9 Å². The van der Waals surface area contributed by atoms with Crippen LogP contribution in [0.15, 0.2) is 35.2 Å². The minimum absolute atomic E-state index is 0.202. The van der Waals surface area contributed by atoms with E-state index in [0.717, 1.165) is 6.42 Å². The smallest absolute Gasteiger partial charge is 0.240 e. The summed E-state index contributed by atoms with van der Waals surface area (Å²) in [6.07, 6.45) is 4.85. The molecule has 0 spiro atoms. The summed E-state index contributed by atoms with van der Waals surface area (Å²) < 4.78 is 25.6. The summed E-state index contributed by atoms with van der Waals surface area (Å²) >= 11 is 0. The molecule has 0 saturated heterocycles. The Hall–Kier alpha value is -1.53. The van der Waals surface area contributed by atoms with Crippen LogP contribution in [-0.2, 0) is 10.0 Å². The molecule has 6 heteroatoms. The molecule has 0 aliphatic heterocycles. The molecule has 100 valence electrons. The number of sulfonamides is 1. The number of benzene rings is 1. The van der Waals surface area contributed by atoms with Gasteiger partial charge in [-0.3, -0.25) is 0 Å². The van der Waals surface area contributed by atoms with Crippen molar-refractivity contribution in [2.24, 2.45) is 0 Å². The van der Waals surface area contributed by atoms with Crippen LogP contribution < -0.4 is 15.8 Å². The zero-order valence-corrected chi connectivity index (χ0v) is 11.4. The Morgan fingerprint density at radius 1 is 1.39 bits per heavy atom. The molecule has 0 radical (unpaired) electrons. The lowest BCUT2D eigenvalue weighted by atomic mass is 10.2. The van der Waals surface area contributed by atoms with Gasteiger partial charge in [0.2, 0.25) is 10.0 Å². The van der Waals surface area contributed by atoms with Crippen molar-refractivity contribution in [2.45, 2.75) is 18.2 Å². The molecule has 1 aromatic carbocycles. The molecule has 0 unspecified atom stereocenters. The summed E-state index contributed by atoms with van der Waals surface area (Å²) in [7, 11) is -2.05. The highest BCUT2D eigenvalue weighted by atomic mass is 32.2. The largest absolute Gasteiger partial charge is 0.397 e. The average Bonchev–Trinajstić information content (AvgIpc) is 2.36. The molecule has 0 heterocycles. The summed E-state index contributed by atoms with van der Waals surface area (Å²) in [5, 5.41) is 3.12. The number of hydrogen-bond acceptors (Lipinski definition) is 4. The molecule has 0 saturated carbocycles. The second-order valence-corrected chi connectivity index (χ2v) is 5.63. The van der Waals surface area contributed by atoms with Crippen molar-refractivity contribution in [1.82, 2.24) is 4.72 Å². The fourth-order valence-corrected chi connectivity index (χ4v) is 2.19. The van der Waals surface area contributed by atoms with Crippen LogP contribution in [0.5, 0.6) is 0 Å². The van der Waals surface area contributed by atoms with Crippen LogP contribution in [0.2, 0.25) is 0 Å². The number of nitrogen functional groups attached to an aromatic ring is 1. The van der Waals surface area contributed by atoms with Gasteiger partial charge in [-0.1, -0.05) is 12.2 Å². The summed E-state index contributed by atoms with van der Waals surface area (Å²) in [4.78, 5) is 0.202. The van der Waals surface area contributed by atoms with E-state index in [4.69, 9.17) is 5.73 Å². The summed E-state index contributed by atoms with van der Waals surface area (Å²) in [5.74, 6) is 0. The summed E-state index contributed by atoms with van der Waals surface area (Å²) in [6, 6.07) is 4.61. The third-order valence-electron chi connectivity index (χ3n) is 2.47. The summed E-state index contributed by atoms with van der Waals surface area (Å²) in [6.45, 7) is 2.66. The predicted octanol–water partition coefficient (Wildman–Crippen LogP) is 1.55. The second-order valence-electron chi connectivity index (χ2n) is 3.74. The third-order valence-corrected chi connectivity index (χ3v) is 3.88. The molecule has 0 aromatic heterocycles. The lowest BCUT2D eigenvalue weighted by Crippen LogP contribution is -2.19. The number of nitrogens with two attached hydrogens (primary N) is 1. The maximum Gasteiger partial charge on any atom is 0.240 e. The van der Waals surface area contributed by atoms with Crippen molar-refractivity contribution in [1.29, 1.82) is 0 Å². The molecule has 4 N–H and O–H groups in total. The van der Waals surface area contributed by atoms with Crippen molar-refractivity contribution >= 4 is 21.4 Å². The first-order valence-corrected chi connectivity index (χ1v) is 7.17. The van der Waals surface area contributed by atoms with E-state index in [1.54, 1.807) is 6.07 Å². The van der Waals surface area contributed by atoms with Crippen LogP contribution in [0.25, 0.3) is 0 Å². The van der Waals surface area contributed by atoms with Gasteiger partial charge in [0.05, 0.1) is 16.3 Å². The van der Waals surface area contributed by atoms with E-state index in [1.165, 1.54) is 19.2 Å². The van der Waals surface area contributed by atoms with Crippen LogP contribution in [0.3, 0.4) is 0 Å². The van der Waals surface area contributed by atoms with E-state index in [1.807, 2.05) is 19.1 Å². The molecule has 1 aromatic rings. The number of anilines is 2. The SMILES string of the molecule is C/C=C/CCNc1cc(S(=O)(=O)NC)ccc1N. The van der Waals surface area contributed by atoms with E-state index in [2.05, 4.69) is 10.0 Å². The maximum atomic E-state index is 11.6. The highest BCUT2D eigenvalue weighted by molar-refractivity contribution is 7.89. The molecule has 18 heavy (non-hydrogen) atoms. The molecule has 5 nitrogen and oxygen atoms in total. The number of nitrogens with one attached hydrogen (secondary N) is 2. The lowest BCUT2D eigenvalue weighted by Gasteiger charge is -2.10. The third kappa shape index (κ3) is 3.75. The minimum atomic E-state index is -3.43. The maximum absolute atomic E-state index is 11.6. The van der Waals surface area contributed by atoms with Crippen molar-refractivity contribution in [3.63, 3.8) is 0 Å². The van der Waals surface area contributed by atoms with Crippen molar-refractivity contribution in [2.75, 3.05) is 24.6 Å². The molecule has 0 atom stereocenters. The molecule has 0 aliphatic carbocycles. The molecule has 0 fully saturated rings. The van der Waals surface area contributed by atoms with Crippen molar-refractivity contribution in [3.05, 3.63) is 30.4 Å². The zero-order chi connectivity index (χ0) is 13.6. The molecular formula is C12H19N3O2S. The fourth-order valence-electron chi connectivity index (χ4n) is 1.43. The monoisotopic (exact) mass is 269 g/mol. The number of allylic oxidation sites excluding steroid dienone is 1. The Morgan fingerprint density at radius 3 is 2.72 bits per heavy atom. The van der Waals surface area contributed by atoms with Gasteiger partial charge in [-0.05, 0) is 38.6 Å².